The first-order valence-electron chi connectivity index (χ1n) is 5.39. The topological polar surface area (TPSA) is 192 Å². The monoisotopic (exact) mass is 302 g/mol. The van der Waals surface area contributed by atoms with Crippen LogP contribution in [0.15, 0.2) is 4.99 Å². The van der Waals surface area contributed by atoms with E-state index in [0.29, 0.717) is 0 Å². The van der Waals surface area contributed by atoms with Gasteiger partial charge in [0.1, 0.15) is 17.6 Å². The van der Waals surface area contributed by atoms with Gasteiger partial charge >= 0.3 is 0 Å². The van der Waals surface area contributed by atoms with Crippen LogP contribution in [0.25, 0.3) is 0 Å². The minimum Gasteiger partial charge on any atom is -0.394 e. The van der Waals surface area contributed by atoms with Gasteiger partial charge in [0.15, 0.2) is 16.9 Å². The number of aliphatic hydroxyl groups excluding tert-OH is 1. The SMILES string of the molecule is NC(N)=NCc1nc(Cl)c(NC(=O)C(N)CO)nc1N. The second-order valence-corrected chi connectivity index (χ2v) is 4.07. The molecule has 0 saturated heterocycles. The first-order valence-corrected chi connectivity index (χ1v) is 5.77. The number of hydrogen-bond acceptors (Lipinski definition) is 7. The number of hydrogen-bond donors (Lipinski definition) is 6. The average Bonchev–Trinajstić information content (AvgIpc) is 2.39. The summed E-state index contributed by atoms with van der Waals surface area (Å²) < 4.78 is 0. The normalized spacial score (nSPS) is 11.8. The summed E-state index contributed by atoms with van der Waals surface area (Å²) in [5, 5.41) is 11.0. The molecule has 0 radical (unpaired) electrons. The smallest absolute Gasteiger partial charge is 0.244 e. The Labute approximate surface area is 119 Å². The standard InChI is InChI=1S/C9H15ClN8O2/c10-5-7(18-8(20)3(11)2-19)17-6(12)4(16-5)1-15-9(13)14/h3,19H,1-2,11H2,(H4,13,14,15)(H3,12,17,18,20). The Morgan fingerprint density at radius 1 is 1.45 bits per heavy atom. The maximum atomic E-state index is 11.5. The predicted octanol–water partition coefficient (Wildman–Crippen LogP) is -2.26. The van der Waals surface area contributed by atoms with Crippen LogP contribution in [-0.4, -0.2) is 39.6 Å². The van der Waals surface area contributed by atoms with Crippen molar-refractivity contribution in [2.45, 2.75) is 12.6 Å². The molecule has 20 heavy (non-hydrogen) atoms. The Morgan fingerprint density at radius 3 is 2.65 bits per heavy atom. The molecular weight excluding hydrogens is 288 g/mol. The van der Waals surface area contributed by atoms with E-state index in [1.54, 1.807) is 0 Å². The quantitative estimate of drug-likeness (QED) is 0.259. The van der Waals surface area contributed by atoms with Crippen LogP contribution in [0.3, 0.4) is 0 Å². The summed E-state index contributed by atoms with van der Waals surface area (Å²) in [6.07, 6.45) is 0. The molecule has 0 aliphatic heterocycles. The molecule has 110 valence electrons. The molecular formula is C9H15ClN8O2. The van der Waals surface area contributed by atoms with Crippen molar-refractivity contribution in [2.24, 2.45) is 22.2 Å². The van der Waals surface area contributed by atoms with E-state index in [1.165, 1.54) is 0 Å². The number of nitrogen functional groups attached to an aromatic ring is 1. The summed E-state index contributed by atoms with van der Waals surface area (Å²) in [5.41, 5.74) is 21.6. The molecule has 1 heterocycles. The van der Waals surface area contributed by atoms with Crippen LogP contribution in [0.5, 0.6) is 0 Å². The van der Waals surface area contributed by atoms with Gasteiger partial charge in [0, 0.05) is 0 Å². The lowest BCUT2D eigenvalue weighted by atomic mass is 10.3. The highest BCUT2D eigenvalue weighted by molar-refractivity contribution is 6.32. The van der Waals surface area contributed by atoms with E-state index in [0.717, 1.165) is 0 Å². The number of anilines is 2. The zero-order valence-corrected chi connectivity index (χ0v) is 11.1. The molecule has 10 nitrogen and oxygen atoms in total. The Morgan fingerprint density at radius 2 is 2.10 bits per heavy atom. The molecule has 0 aromatic carbocycles. The molecule has 1 rings (SSSR count). The van der Waals surface area contributed by atoms with Crippen molar-refractivity contribution >= 4 is 35.1 Å². The fraction of sp³-hybridized carbons (Fsp3) is 0.333. The highest BCUT2D eigenvalue weighted by Crippen LogP contribution is 2.21. The van der Waals surface area contributed by atoms with Crippen molar-refractivity contribution < 1.29 is 9.90 Å². The number of guanidine groups is 1. The van der Waals surface area contributed by atoms with Gasteiger partial charge in [0.2, 0.25) is 5.91 Å². The third-order valence-electron chi connectivity index (χ3n) is 2.14. The number of halogens is 1. The van der Waals surface area contributed by atoms with Gasteiger partial charge in [-0.05, 0) is 0 Å². The molecule has 0 saturated carbocycles. The van der Waals surface area contributed by atoms with Gasteiger partial charge < -0.3 is 33.4 Å². The number of aliphatic imine (C=N–C) groups is 1. The first-order chi connectivity index (χ1) is 9.35. The number of nitrogens with two attached hydrogens (primary N) is 4. The van der Waals surface area contributed by atoms with E-state index in [9.17, 15) is 4.79 Å². The third kappa shape index (κ3) is 4.19. The van der Waals surface area contributed by atoms with Crippen molar-refractivity contribution in [1.82, 2.24) is 9.97 Å². The summed E-state index contributed by atoms with van der Waals surface area (Å²) in [5.74, 6) is -0.854. The zero-order chi connectivity index (χ0) is 15.3. The molecule has 1 unspecified atom stereocenters. The van der Waals surface area contributed by atoms with E-state index in [1.807, 2.05) is 0 Å². The summed E-state index contributed by atoms with van der Waals surface area (Å²) in [7, 11) is 0. The fourth-order valence-corrected chi connectivity index (χ4v) is 1.31. The number of nitrogens with one attached hydrogen (secondary N) is 1. The number of carbonyl (C=O) groups is 1. The van der Waals surface area contributed by atoms with Crippen LogP contribution in [-0.2, 0) is 11.3 Å². The Hall–Kier alpha value is -2.17. The van der Waals surface area contributed by atoms with Crippen molar-refractivity contribution in [3.63, 3.8) is 0 Å². The lowest BCUT2D eigenvalue weighted by molar-refractivity contribution is -0.118. The fourth-order valence-electron chi connectivity index (χ4n) is 1.11. The van der Waals surface area contributed by atoms with Crippen LogP contribution >= 0.6 is 11.6 Å². The van der Waals surface area contributed by atoms with E-state index >= 15 is 0 Å². The number of nitrogens with zero attached hydrogens (tertiary/aromatic N) is 3. The number of aliphatic hydroxyl groups is 1. The largest absolute Gasteiger partial charge is 0.394 e. The third-order valence-corrected chi connectivity index (χ3v) is 2.41. The van der Waals surface area contributed by atoms with Gasteiger partial charge in [-0.2, -0.15) is 0 Å². The van der Waals surface area contributed by atoms with Crippen LogP contribution < -0.4 is 28.3 Å². The summed E-state index contributed by atoms with van der Waals surface area (Å²) in [6.45, 7) is -0.514. The van der Waals surface area contributed by atoms with Crippen molar-refractivity contribution in [1.29, 1.82) is 0 Å². The van der Waals surface area contributed by atoms with Crippen LogP contribution in [0.1, 0.15) is 5.69 Å². The van der Waals surface area contributed by atoms with Gasteiger partial charge in [-0.15, -0.1) is 0 Å². The Balaban J connectivity index is 2.94. The molecule has 10 N–H and O–H groups in total. The number of carbonyl (C=O) groups excluding carboxylic acids is 1. The van der Waals surface area contributed by atoms with Crippen LogP contribution in [0.4, 0.5) is 11.6 Å². The maximum Gasteiger partial charge on any atom is 0.244 e. The van der Waals surface area contributed by atoms with Gasteiger partial charge in [0.25, 0.3) is 0 Å². The number of amides is 1. The minimum absolute atomic E-state index is 0.00523. The summed E-state index contributed by atoms with van der Waals surface area (Å²) >= 11 is 5.85. The molecule has 1 aromatic heterocycles. The van der Waals surface area contributed by atoms with Gasteiger partial charge in [-0.1, -0.05) is 11.6 Å². The molecule has 0 spiro atoms. The molecule has 0 aliphatic carbocycles. The highest BCUT2D eigenvalue weighted by atomic mass is 35.5. The van der Waals surface area contributed by atoms with Crippen LogP contribution in [0, 0.1) is 0 Å². The number of rotatable bonds is 5. The molecule has 0 bridgehead atoms. The number of aromatic nitrogens is 2. The Bertz CT molecular complexity index is 531. The summed E-state index contributed by atoms with van der Waals surface area (Å²) in [6, 6.07) is -1.10. The van der Waals surface area contributed by atoms with E-state index in [2.05, 4.69) is 20.3 Å². The molecule has 1 amide bonds. The molecule has 1 atom stereocenters. The van der Waals surface area contributed by atoms with Gasteiger partial charge in [-0.3, -0.25) is 4.79 Å². The zero-order valence-electron chi connectivity index (χ0n) is 10.4. The average molecular weight is 303 g/mol. The van der Waals surface area contributed by atoms with E-state index in [4.69, 9.17) is 39.6 Å². The molecule has 11 heteroatoms. The second kappa shape index (κ2) is 6.84. The molecule has 1 aromatic rings. The van der Waals surface area contributed by atoms with Crippen molar-refractivity contribution in [3.05, 3.63) is 10.8 Å². The van der Waals surface area contributed by atoms with E-state index < -0.39 is 18.6 Å². The Kier molecular flexibility index (Phi) is 5.43. The lowest BCUT2D eigenvalue weighted by Crippen LogP contribution is -2.38. The van der Waals surface area contributed by atoms with Gasteiger partial charge in [0.05, 0.1) is 13.2 Å². The van der Waals surface area contributed by atoms with Gasteiger partial charge in [-0.25, -0.2) is 15.0 Å². The van der Waals surface area contributed by atoms with Crippen LogP contribution in [0.2, 0.25) is 5.15 Å². The highest BCUT2D eigenvalue weighted by Gasteiger charge is 2.17. The van der Waals surface area contributed by atoms with Crippen molar-refractivity contribution in [2.75, 3.05) is 17.7 Å². The molecule has 0 aliphatic rings. The second-order valence-electron chi connectivity index (χ2n) is 3.71. The van der Waals surface area contributed by atoms with E-state index in [-0.39, 0.29) is 35.0 Å². The summed E-state index contributed by atoms with van der Waals surface area (Å²) in [4.78, 5) is 23.0. The molecule has 0 fully saturated rings. The predicted molar refractivity (Wildman–Crippen MR) is 74.7 cm³/mol. The first kappa shape index (κ1) is 15.9. The maximum absolute atomic E-state index is 11.5. The minimum atomic E-state index is -1.10. The van der Waals surface area contributed by atoms with Crippen molar-refractivity contribution in [3.8, 4) is 0 Å². The lowest BCUT2D eigenvalue weighted by Gasteiger charge is -2.11.